The molecule has 2 N–H and O–H groups in total. The molecule has 23 heavy (non-hydrogen) atoms. The predicted octanol–water partition coefficient (Wildman–Crippen LogP) is 3.11. The largest absolute Gasteiger partial charge is 0.416 e. The number of nitrogens with two attached hydrogens (primary N) is 1. The molecule has 1 heterocycles. The van der Waals surface area contributed by atoms with E-state index in [2.05, 4.69) is 0 Å². The van der Waals surface area contributed by atoms with E-state index in [-0.39, 0.29) is 24.4 Å². The normalized spacial score (nSPS) is 25.1. The molecule has 3 nitrogen and oxygen atoms in total. The average molecular weight is 326 g/mol. The summed E-state index contributed by atoms with van der Waals surface area (Å²) >= 11 is 0. The zero-order chi connectivity index (χ0) is 16.6. The third-order valence-electron chi connectivity index (χ3n) is 4.98. The van der Waals surface area contributed by atoms with E-state index in [9.17, 15) is 18.0 Å². The quantitative estimate of drug-likeness (QED) is 0.862. The average Bonchev–Trinajstić information content (AvgIpc) is 2.53. The van der Waals surface area contributed by atoms with E-state index in [1.54, 1.807) is 11.0 Å². The van der Waals surface area contributed by atoms with Gasteiger partial charge in [0, 0.05) is 25.0 Å². The van der Waals surface area contributed by atoms with Gasteiger partial charge in [0.25, 0.3) is 0 Å². The van der Waals surface area contributed by atoms with Crippen molar-refractivity contribution in [3.8, 4) is 0 Å². The number of carbonyl (C=O) groups excluding carboxylic acids is 1. The van der Waals surface area contributed by atoms with E-state index in [0.29, 0.717) is 18.5 Å². The van der Waals surface area contributed by atoms with Gasteiger partial charge in [-0.1, -0.05) is 6.07 Å². The third-order valence-corrected chi connectivity index (χ3v) is 4.98. The lowest BCUT2D eigenvalue weighted by molar-refractivity contribution is -0.137. The first kappa shape index (κ1) is 16.3. The maximum absolute atomic E-state index is 12.8. The molecule has 1 aromatic carbocycles. The number of benzene rings is 1. The molecule has 3 rings (SSSR count). The summed E-state index contributed by atoms with van der Waals surface area (Å²) in [5.41, 5.74) is 6.75. The van der Waals surface area contributed by atoms with Crippen LogP contribution in [0.25, 0.3) is 0 Å². The first-order valence-corrected chi connectivity index (χ1v) is 8.08. The van der Waals surface area contributed by atoms with Crippen molar-refractivity contribution in [1.29, 1.82) is 0 Å². The highest BCUT2D eigenvalue weighted by molar-refractivity contribution is 5.79. The van der Waals surface area contributed by atoms with Crippen molar-refractivity contribution >= 4 is 5.91 Å². The van der Waals surface area contributed by atoms with Gasteiger partial charge in [0.2, 0.25) is 5.91 Å². The minimum absolute atomic E-state index is 0.0258. The Balaban J connectivity index is 1.73. The highest BCUT2D eigenvalue weighted by Crippen LogP contribution is 2.33. The topological polar surface area (TPSA) is 46.3 Å². The summed E-state index contributed by atoms with van der Waals surface area (Å²) in [4.78, 5) is 14.3. The number of halogens is 3. The van der Waals surface area contributed by atoms with Crippen molar-refractivity contribution in [1.82, 2.24) is 4.90 Å². The lowest BCUT2D eigenvalue weighted by Crippen LogP contribution is -2.42. The van der Waals surface area contributed by atoms with Crippen molar-refractivity contribution < 1.29 is 18.0 Å². The summed E-state index contributed by atoms with van der Waals surface area (Å²) in [6.07, 6.45) is -0.470. The summed E-state index contributed by atoms with van der Waals surface area (Å²) in [6, 6.07) is 4.03. The maximum atomic E-state index is 12.8. The molecule has 0 spiro atoms. The number of hydrogen-bond donors (Lipinski definition) is 1. The van der Waals surface area contributed by atoms with Crippen molar-refractivity contribution in [3.63, 3.8) is 0 Å². The van der Waals surface area contributed by atoms with Gasteiger partial charge in [-0.3, -0.25) is 4.79 Å². The second-order valence-electron chi connectivity index (χ2n) is 6.60. The number of amides is 1. The lowest BCUT2D eigenvalue weighted by Gasteiger charge is -2.34. The number of alkyl halides is 3. The first-order valence-electron chi connectivity index (χ1n) is 8.08. The van der Waals surface area contributed by atoms with Crippen LogP contribution in [0.15, 0.2) is 18.2 Å². The Kier molecular flexibility index (Phi) is 4.36. The molecule has 1 aliphatic heterocycles. The van der Waals surface area contributed by atoms with Crippen LogP contribution in [0.3, 0.4) is 0 Å². The molecule has 1 amide bonds. The minimum Gasteiger partial charge on any atom is -0.338 e. The molecule has 0 aromatic heterocycles. The summed E-state index contributed by atoms with van der Waals surface area (Å²) in [6.45, 7) is 0.861. The van der Waals surface area contributed by atoms with Gasteiger partial charge >= 0.3 is 6.18 Å². The van der Waals surface area contributed by atoms with Crippen LogP contribution < -0.4 is 5.73 Å². The minimum atomic E-state index is -4.35. The molecule has 6 heteroatoms. The molecule has 0 bridgehead atoms. The smallest absolute Gasteiger partial charge is 0.338 e. The van der Waals surface area contributed by atoms with Gasteiger partial charge < -0.3 is 10.6 Å². The molecule has 0 atom stereocenters. The Hall–Kier alpha value is -1.56. The van der Waals surface area contributed by atoms with Gasteiger partial charge in [-0.15, -0.1) is 0 Å². The number of fused-ring (bicyclic) bond motifs is 1. The summed E-state index contributed by atoms with van der Waals surface area (Å²) < 4.78 is 38.5. The maximum Gasteiger partial charge on any atom is 0.416 e. The Morgan fingerprint density at radius 3 is 2.48 bits per heavy atom. The Bertz CT molecular complexity index is 592. The van der Waals surface area contributed by atoms with Gasteiger partial charge in [-0.2, -0.15) is 13.2 Å². The van der Waals surface area contributed by atoms with Gasteiger partial charge in [0.05, 0.1) is 5.56 Å². The van der Waals surface area contributed by atoms with E-state index >= 15 is 0 Å². The van der Waals surface area contributed by atoms with E-state index < -0.39 is 11.7 Å². The molecule has 0 saturated heterocycles. The monoisotopic (exact) mass is 326 g/mol. The van der Waals surface area contributed by atoms with Crippen LogP contribution >= 0.6 is 0 Å². The van der Waals surface area contributed by atoms with Crippen molar-refractivity contribution in [2.45, 2.75) is 50.9 Å². The van der Waals surface area contributed by atoms with Gasteiger partial charge in [-0.25, -0.2) is 0 Å². The van der Waals surface area contributed by atoms with Crippen molar-refractivity contribution in [2.24, 2.45) is 11.7 Å². The number of hydrogen-bond acceptors (Lipinski definition) is 2. The fourth-order valence-corrected chi connectivity index (χ4v) is 3.55. The van der Waals surface area contributed by atoms with Gasteiger partial charge in [0.15, 0.2) is 0 Å². The number of rotatable bonds is 1. The van der Waals surface area contributed by atoms with E-state index in [1.807, 2.05) is 0 Å². The van der Waals surface area contributed by atoms with E-state index in [1.165, 1.54) is 6.07 Å². The molecule has 1 fully saturated rings. The molecule has 1 aromatic rings. The fraction of sp³-hybridized carbons (Fsp3) is 0.588. The highest BCUT2D eigenvalue weighted by atomic mass is 19.4. The van der Waals surface area contributed by atoms with E-state index in [0.717, 1.165) is 37.3 Å². The molecule has 0 unspecified atom stereocenters. The summed E-state index contributed by atoms with van der Waals surface area (Å²) in [5.74, 6) is 0.0436. The predicted molar refractivity (Wildman–Crippen MR) is 80.5 cm³/mol. The highest BCUT2D eigenvalue weighted by Gasteiger charge is 2.33. The zero-order valence-corrected chi connectivity index (χ0v) is 12.9. The standard InChI is InChI=1S/C17H21F3N2O/c18-17(19,20)14-4-1-11-7-8-22(10-13(11)9-14)16(23)12-2-5-15(21)6-3-12/h1,4,9,12,15H,2-3,5-8,10,21H2. The van der Waals surface area contributed by atoms with Crippen LogP contribution in [0, 0.1) is 5.92 Å². The van der Waals surface area contributed by atoms with Gasteiger partial charge in [0.1, 0.15) is 0 Å². The Labute approximate surface area is 133 Å². The first-order chi connectivity index (χ1) is 10.8. The third kappa shape index (κ3) is 3.52. The van der Waals surface area contributed by atoms with Crippen LogP contribution in [0.4, 0.5) is 13.2 Å². The van der Waals surface area contributed by atoms with Gasteiger partial charge in [-0.05, 0) is 55.4 Å². The SMILES string of the molecule is NC1CCC(C(=O)N2CCc3ccc(C(F)(F)F)cc3C2)CC1. The summed E-state index contributed by atoms with van der Waals surface area (Å²) in [5, 5.41) is 0. The molecule has 126 valence electrons. The Morgan fingerprint density at radius 2 is 1.83 bits per heavy atom. The van der Waals surface area contributed by atoms with Crippen molar-refractivity contribution in [2.75, 3.05) is 6.54 Å². The summed E-state index contributed by atoms with van der Waals surface area (Å²) in [7, 11) is 0. The van der Waals surface area contributed by atoms with Crippen LogP contribution in [0.1, 0.15) is 42.4 Å². The van der Waals surface area contributed by atoms with E-state index in [4.69, 9.17) is 5.73 Å². The molecule has 1 aliphatic carbocycles. The van der Waals surface area contributed by atoms with Crippen LogP contribution in [0.5, 0.6) is 0 Å². The number of nitrogens with zero attached hydrogens (tertiary/aromatic N) is 1. The number of carbonyl (C=O) groups is 1. The molecular weight excluding hydrogens is 305 g/mol. The van der Waals surface area contributed by atoms with Crippen molar-refractivity contribution in [3.05, 3.63) is 34.9 Å². The Morgan fingerprint density at radius 1 is 1.13 bits per heavy atom. The molecular formula is C17H21F3N2O. The van der Waals surface area contributed by atoms with Crippen LogP contribution in [0.2, 0.25) is 0 Å². The molecule has 2 aliphatic rings. The second-order valence-corrected chi connectivity index (χ2v) is 6.60. The van der Waals surface area contributed by atoms with Crippen LogP contribution in [-0.2, 0) is 23.9 Å². The van der Waals surface area contributed by atoms with Crippen LogP contribution in [-0.4, -0.2) is 23.4 Å². The fourth-order valence-electron chi connectivity index (χ4n) is 3.55. The second kappa shape index (κ2) is 6.15. The molecule has 0 radical (unpaired) electrons. The molecule has 1 saturated carbocycles. The zero-order valence-electron chi connectivity index (χ0n) is 12.9. The lowest BCUT2D eigenvalue weighted by atomic mass is 9.85.